The first-order chi connectivity index (χ1) is 16.8. The van der Waals surface area contributed by atoms with Crippen LogP contribution in [0.15, 0.2) is 73.7 Å². The highest BCUT2D eigenvalue weighted by atomic mass is 19.1. The van der Waals surface area contributed by atoms with Gasteiger partial charge in [0, 0.05) is 31.4 Å². The lowest BCUT2D eigenvalue weighted by atomic mass is 10.1. The number of imidazole rings is 1. The Labute approximate surface area is 203 Å². The molecule has 0 atom stereocenters. The van der Waals surface area contributed by atoms with Gasteiger partial charge in [-0.05, 0) is 50.5 Å². The summed E-state index contributed by atoms with van der Waals surface area (Å²) >= 11 is 0. The molecule has 0 aliphatic carbocycles. The Balaban J connectivity index is 1.64. The van der Waals surface area contributed by atoms with Crippen LogP contribution in [-0.2, 0) is 4.79 Å². The van der Waals surface area contributed by atoms with Gasteiger partial charge < -0.3 is 20.4 Å². The van der Waals surface area contributed by atoms with E-state index in [0.717, 1.165) is 30.2 Å². The number of anilines is 4. The van der Waals surface area contributed by atoms with Gasteiger partial charge in [0.2, 0.25) is 5.91 Å². The van der Waals surface area contributed by atoms with Crippen molar-refractivity contribution in [2.45, 2.75) is 0 Å². The van der Waals surface area contributed by atoms with Gasteiger partial charge in [-0.15, -0.1) is 0 Å². The fraction of sp³-hybridized carbons (Fsp3) is 0.192. The highest BCUT2D eigenvalue weighted by Gasteiger charge is 2.13. The first-order valence-electron chi connectivity index (χ1n) is 11.1. The average molecular weight is 474 g/mol. The number of hydrogen-bond donors (Lipinski definition) is 2. The molecule has 0 saturated heterocycles. The highest BCUT2D eigenvalue weighted by Crippen LogP contribution is 2.30. The highest BCUT2D eigenvalue weighted by molar-refractivity contribution is 6.01. The molecule has 0 fully saturated rings. The molecule has 4 rings (SSSR count). The summed E-state index contributed by atoms with van der Waals surface area (Å²) in [6.07, 6.45) is 6.39. The minimum atomic E-state index is -0.311. The molecule has 35 heavy (non-hydrogen) atoms. The van der Waals surface area contributed by atoms with E-state index in [0.29, 0.717) is 22.7 Å². The molecule has 0 radical (unpaired) electrons. The zero-order valence-corrected chi connectivity index (χ0v) is 20.0. The molecule has 9 heteroatoms. The monoisotopic (exact) mass is 473 g/mol. The SMILES string of the molecule is C=CC(=O)Nc1cc(Nc2cn3c(-c4cccc(F)c4)cnc3cn2)ccc1N(C)CCN(C)C. The van der Waals surface area contributed by atoms with E-state index in [4.69, 9.17) is 0 Å². The van der Waals surface area contributed by atoms with Crippen LogP contribution in [0.5, 0.6) is 0 Å². The molecule has 2 aromatic heterocycles. The van der Waals surface area contributed by atoms with Crippen LogP contribution < -0.4 is 15.5 Å². The molecule has 2 aromatic carbocycles. The fourth-order valence-electron chi connectivity index (χ4n) is 3.66. The summed E-state index contributed by atoms with van der Waals surface area (Å²) in [7, 11) is 6.02. The third kappa shape index (κ3) is 5.64. The Bertz CT molecular complexity index is 1370. The summed E-state index contributed by atoms with van der Waals surface area (Å²) in [5.41, 5.74) is 4.40. The number of hydrogen-bond acceptors (Lipinski definition) is 6. The molecule has 8 nitrogen and oxygen atoms in total. The van der Waals surface area contributed by atoms with Gasteiger partial charge in [0.1, 0.15) is 11.6 Å². The Morgan fingerprint density at radius 1 is 1.11 bits per heavy atom. The number of likely N-dealkylation sites (N-methyl/N-ethyl adjacent to an activating group) is 2. The van der Waals surface area contributed by atoms with Crippen LogP contribution in [0.2, 0.25) is 0 Å². The van der Waals surface area contributed by atoms with Crippen LogP contribution >= 0.6 is 0 Å². The van der Waals surface area contributed by atoms with Crippen molar-refractivity contribution in [2.24, 2.45) is 0 Å². The first-order valence-corrected chi connectivity index (χ1v) is 11.1. The lowest BCUT2D eigenvalue weighted by Gasteiger charge is -2.24. The molecule has 0 unspecified atom stereocenters. The van der Waals surface area contributed by atoms with E-state index in [1.807, 2.05) is 56.0 Å². The Morgan fingerprint density at radius 3 is 2.69 bits per heavy atom. The maximum Gasteiger partial charge on any atom is 0.247 e. The minimum absolute atomic E-state index is 0.290. The van der Waals surface area contributed by atoms with Gasteiger partial charge in [0.25, 0.3) is 0 Å². The van der Waals surface area contributed by atoms with Crippen molar-refractivity contribution in [1.82, 2.24) is 19.3 Å². The molecule has 4 aromatic rings. The molecule has 0 aliphatic heterocycles. The third-order valence-corrected chi connectivity index (χ3v) is 5.52. The predicted octanol–water partition coefficient (Wildman–Crippen LogP) is 4.40. The van der Waals surface area contributed by atoms with Crippen LogP contribution in [0.1, 0.15) is 0 Å². The topological polar surface area (TPSA) is 77.8 Å². The van der Waals surface area contributed by atoms with Crippen molar-refractivity contribution in [1.29, 1.82) is 0 Å². The lowest BCUT2D eigenvalue weighted by molar-refractivity contribution is -0.111. The summed E-state index contributed by atoms with van der Waals surface area (Å²) in [6.45, 7) is 5.21. The number of rotatable bonds is 9. The van der Waals surface area contributed by atoms with Gasteiger partial charge >= 0.3 is 0 Å². The van der Waals surface area contributed by atoms with Crippen molar-refractivity contribution in [2.75, 3.05) is 49.8 Å². The smallest absolute Gasteiger partial charge is 0.247 e. The van der Waals surface area contributed by atoms with Crippen LogP contribution in [0.25, 0.3) is 16.9 Å². The van der Waals surface area contributed by atoms with Crippen molar-refractivity contribution < 1.29 is 9.18 Å². The molecule has 0 saturated carbocycles. The molecule has 2 N–H and O–H groups in total. The van der Waals surface area contributed by atoms with Crippen molar-refractivity contribution in [3.05, 3.63) is 79.5 Å². The van der Waals surface area contributed by atoms with Crippen LogP contribution in [0, 0.1) is 5.82 Å². The third-order valence-electron chi connectivity index (χ3n) is 5.52. The maximum atomic E-state index is 13.8. The lowest BCUT2D eigenvalue weighted by Crippen LogP contribution is -2.29. The number of amides is 1. The second-order valence-corrected chi connectivity index (χ2v) is 8.43. The average Bonchev–Trinajstić information content (AvgIpc) is 3.26. The van der Waals surface area contributed by atoms with Gasteiger partial charge in [0.15, 0.2) is 5.65 Å². The van der Waals surface area contributed by atoms with E-state index in [9.17, 15) is 9.18 Å². The van der Waals surface area contributed by atoms with Crippen molar-refractivity contribution >= 4 is 34.4 Å². The second-order valence-electron chi connectivity index (χ2n) is 8.43. The standard InChI is InChI=1S/C26H28FN7O/c1-5-26(35)31-21-14-20(9-10-22(21)33(4)12-11-32(2)3)30-24-17-34-23(15-29-25(34)16-28-24)18-7-6-8-19(27)13-18/h5-10,13-17,30H,1,11-12H2,2-4H3,(H,31,35). The normalized spacial score (nSPS) is 11.0. The number of halogens is 1. The number of aromatic nitrogens is 3. The number of nitrogens with one attached hydrogen (secondary N) is 2. The van der Waals surface area contributed by atoms with Gasteiger partial charge in [-0.25, -0.2) is 14.4 Å². The molecular weight excluding hydrogens is 445 g/mol. The number of benzene rings is 2. The van der Waals surface area contributed by atoms with Crippen molar-refractivity contribution in [3.8, 4) is 11.3 Å². The molecule has 1 amide bonds. The largest absolute Gasteiger partial charge is 0.372 e. The summed E-state index contributed by atoms with van der Waals surface area (Å²) in [5.74, 6) is -0.0282. The first kappa shape index (κ1) is 23.9. The number of carbonyl (C=O) groups excluding carboxylic acids is 1. The van der Waals surface area contributed by atoms with Gasteiger partial charge in [-0.2, -0.15) is 0 Å². The van der Waals surface area contributed by atoms with Gasteiger partial charge in [-0.3, -0.25) is 9.20 Å². The molecular formula is C26H28FN7O. The summed E-state index contributed by atoms with van der Waals surface area (Å²) in [5, 5.41) is 6.18. The maximum absolute atomic E-state index is 13.8. The summed E-state index contributed by atoms with van der Waals surface area (Å²) in [4.78, 5) is 25.1. The number of nitrogens with zero attached hydrogens (tertiary/aromatic N) is 5. The van der Waals surface area contributed by atoms with E-state index >= 15 is 0 Å². The second kappa shape index (κ2) is 10.4. The Morgan fingerprint density at radius 2 is 1.94 bits per heavy atom. The van der Waals surface area contributed by atoms with Gasteiger partial charge in [-0.1, -0.05) is 18.7 Å². The molecule has 0 aliphatic rings. The predicted molar refractivity (Wildman–Crippen MR) is 139 cm³/mol. The Kier molecular flexibility index (Phi) is 7.07. The number of fused-ring (bicyclic) bond motifs is 1. The van der Waals surface area contributed by atoms with Crippen molar-refractivity contribution in [3.63, 3.8) is 0 Å². The fourth-order valence-corrected chi connectivity index (χ4v) is 3.66. The Hall–Kier alpha value is -4.24. The van der Waals surface area contributed by atoms with E-state index < -0.39 is 0 Å². The van der Waals surface area contributed by atoms with Crippen LogP contribution in [-0.4, -0.2) is 59.4 Å². The molecule has 0 spiro atoms. The zero-order chi connectivity index (χ0) is 24.9. The quantitative estimate of drug-likeness (QED) is 0.351. The van der Waals surface area contributed by atoms with E-state index in [-0.39, 0.29) is 11.7 Å². The van der Waals surface area contributed by atoms with E-state index in [1.165, 1.54) is 18.2 Å². The summed E-state index contributed by atoms with van der Waals surface area (Å²) < 4.78 is 15.6. The molecule has 0 bridgehead atoms. The minimum Gasteiger partial charge on any atom is -0.372 e. The van der Waals surface area contributed by atoms with E-state index in [2.05, 4.69) is 37.0 Å². The number of carbonyl (C=O) groups is 1. The van der Waals surface area contributed by atoms with Crippen LogP contribution in [0.3, 0.4) is 0 Å². The van der Waals surface area contributed by atoms with E-state index in [1.54, 1.807) is 18.5 Å². The molecule has 180 valence electrons. The van der Waals surface area contributed by atoms with Gasteiger partial charge in [0.05, 0.1) is 35.7 Å². The van der Waals surface area contributed by atoms with Crippen LogP contribution in [0.4, 0.5) is 27.3 Å². The zero-order valence-electron chi connectivity index (χ0n) is 20.0. The molecule has 2 heterocycles. The summed E-state index contributed by atoms with van der Waals surface area (Å²) in [6, 6.07) is 12.1.